The zero-order valence-electron chi connectivity index (χ0n) is 20.0. The molecule has 194 valence electrons. The SMILES string of the molecule is C[Si](C)(C)c1cccc(CN[C@H]2CS(=O)C[C@@H](Cc3cc(F)c(N)c(OCC(F)(F)F)c3)[C@@H]2O)c1. The fraction of sp³-hybridized carbons (Fsp3) is 0.500. The zero-order valence-corrected chi connectivity index (χ0v) is 21.8. The topological polar surface area (TPSA) is 84.6 Å². The third-order valence-corrected chi connectivity index (χ3v) is 9.64. The Morgan fingerprint density at radius 2 is 1.89 bits per heavy atom. The van der Waals surface area contributed by atoms with Gasteiger partial charge in [-0.1, -0.05) is 49.1 Å². The molecule has 1 unspecified atom stereocenters. The van der Waals surface area contributed by atoms with E-state index in [-0.39, 0.29) is 17.9 Å². The van der Waals surface area contributed by atoms with Gasteiger partial charge in [0.05, 0.1) is 14.2 Å². The van der Waals surface area contributed by atoms with Crippen molar-refractivity contribution in [2.24, 2.45) is 5.92 Å². The monoisotopic (exact) mass is 532 g/mol. The molecule has 3 rings (SSSR count). The van der Waals surface area contributed by atoms with Gasteiger partial charge < -0.3 is 20.9 Å². The van der Waals surface area contributed by atoms with E-state index in [9.17, 15) is 26.9 Å². The van der Waals surface area contributed by atoms with Crippen LogP contribution in [0.25, 0.3) is 0 Å². The van der Waals surface area contributed by atoms with Crippen molar-refractivity contribution < 1.29 is 31.6 Å². The largest absolute Gasteiger partial charge is 0.482 e. The maximum Gasteiger partial charge on any atom is 0.422 e. The van der Waals surface area contributed by atoms with Gasteiger partial charge in [0.1, 0.15) is 17.3 Å². The number of hydrogen-bond donors (Lipinski definition) is 3. The summed E-state index contributed by atoms with van der Waals surface area (Å²) >= 11 is 0. The molecule has 2 aromatic rings. The molecule has 0 radical (unpaired) electrons. The summed E-state index contributed by atoms with van der Waals surface area (Å²) < 4.78 is 69.1. The van der Waals surface area contributed by atoms with Crippen LogP contribution in [-0.2, 0) is 23.8 Å². The van der Waals surface area contributed by atoms with Crippen LogP contribution in [0.15, 0.2) is 36.4 Å². The lowest BCUT2D eigenvalue weighted by atomic mass is 9.91. The van der Waals surface area contributed by atoms with Crippen LogP contribution in [0.5, 0.6) is 5.75 Å². The Hall–Kier alpha value is -1.95. The summed E-state index contributed by atoms with van der Waals surface area (Å²) in [5, 5.41) is 15.6. The van der Waals surface area contributed by atoms with Gasteiger partial charge in [0, 0.05) is 40.8 Å². The van der Waals surface area contributed by atoms with Gasteiger partial charge in [-0.15, -0.1) is 0 Å². The van der Waals surface area contributed by atoms with Gasteiger partial charge in [0.15, 0.2) is 6.61 Å². The lowest BCUT2D eigenvalue weighted by Crippen LogP contribution is -2.53. The predicted octanol–water partition coefficient (Wildman–Crippen LogP) is 3.33. The van der Waals surface area contributed by atoms with E-state index in [0.717, 1.165) is 11.6 Å². The molecular weight excluding hydrogens is 500 g/mol. The number of benzene rings is 2. The molecule has 2 aromatic carbocycles. The molecule has 1 heterocycles. The number of hydrogen-bond acceptors (Lipinski definition) is 5. The molecule has 0 spiro atoms. The number of nitrogens with one attached hydrogen (secondary N) is 1. The highest BCUT2D eigenvalue weighted by molar-refractivity contribution is 7.85. The Morgan fingerprint density at radius 3 is 2.54 bits per heavy atom. The molecule has 0 saturated carbocycles. The van der Waals surface area contributed by atoms with Crippen molar-refractivity contribution in [3.05, 3.63) is 53.3 Å². The Labute approximate surface area is 206 Å². The van der Waals surface area contributed by atoms with Crippen LogP contribution in [-0.4, -0.2) is 53.8 Å². The molecule has 0 bridgehead atoms. The molecule has 35 heavy (non-hydrogen) atoms. The van der Waals surface area contributed by atoms with Crippen molar-refractivity contribution in [2.75, 3.05) is 23.8 Å². The lowest BCUT2D eigenvalue weighted by molar-refractivity contribution is -0.153. The van der Waals surface area contributed by atoms with Gasteiger partial charge in [-0.25, -0.2) is 4.39 Å². The summed E-state index contributed by atoms with van der Waals surface area (Å²) in [6, 6.07) is 10.2. The minimum atomic E-state index is -4.59. The van der Waals surface area contributed by atoms with Gasteiger partial charge in [0.2, 0.25) is 0 Å². The molecule has 1 saturated heterocycles. The highest BCUT2D eigenvalue weighted by Crippen LogP contribution is 2.31. The third kappa shape index (κ3) is 7.76. The van der Waals surface area contributed by atoms with Crippen molar-refractivity contribution in [3.8, 4) is 5.75 Å². The first kappa shape index (κ1) is 27.6. The highest BCUT2D eigenvalue weighted by Gasteiger charge is 2.36. The number of aliphatic hydroxyl groups is 1. The Kier molecular flexibility index (Phi) is 8.67. The van der Waals surface area contributed by atoms with Crippen molar-refractivity contribution in [1.82, 2.24) is 5.32 Å². The molecule has 1 fully saturated rings. The van der Waals surface area contributed by atoms with Gasteiger partial charge >= 0.3 is 6.18 Å². The second-order valence-corrected chi connectivity index (χ2v) is 16.7. The molecule has 1 aliphatic rings. The van der Waals surface area contributed by atoms with E-state index in [2.05, 4.69) is 41.8 Å². The van der Waals surface area contributed by atoms with E-state index in [4.69, 9.17) is 5.73 Å². The molecule has 4 N–H and O–H groups in total. The molecule has 0 aliphatic carbocycles. The van der Waals surface area contributed by atoms with Crippen LogP contribution in [0.1, 0.15) is 11.1 Å². The zero-order chi connectivity index (χ0) is 26.0. The second-order valence-electron chi connectivity index (χ2n) is 10.1. The Bertz CT molecular complexity index is 1060. The highest BCUT2D eigenvalue weighted by atomic mass is 32.2. The number of nitrogen functional groups attached to an aromatic ring is 1. The van der Waals surface area contributed by atoms with Crippen LogP contribution in [0.4, 0.5) is 23.2 Å². The number of nitrogens with two attached hydrogens (primary N) is 1. The Balaban J connectivity index is 1.70. The quantitative estimate of drug-likeness (QED) is 0.276. The molecular formula is C24H32F4N2O3SSi. The van der Waals surface area contributed by atoms with Crippen molar-refractivity contribution in [1.29, 1.82) is 0 Å². The summed E-state index contributed by atoms with van der Waals surface area (Å²) in [4.78, 5) is 0. The maximum absolute atomic E-state index is 14.3. The van der Waals surface area contributed by atoms with Crippen LogP contribution in [0.2, 0.25) is 19.6 Å². The minimum absolute atomic E-state index is 0.121. The molecule has 1 aliphatic heterocycles. The first-order valence-corrected chi connectivity index (χ1v) is 16.3. The number of rotatable bonds is 8. The standard InChI is InChI=1S/C24H32F4N2O3SSi/c1-35(2,3)18-6-4-5-15(8-18)11-30-20-13-34(32)12-17(23(20)31)7-16-9-19(25)22(29)21(10-16)33-14-24(26,27)28/h4-6,8-10,17,20,23,30-31H,7,11-14,29H2,1-3H3/t17-,20+,23+,34?/m1/s1. The number of halogens is 4. The number of aliphatic hydroxyl groups excluding tert-OH is 1. The molecule has 0 amide bonds. The fourth-order valence-electron chi connectivity index (χ4n) is 4.13. The van der Waals surface area contributed by atoms with Gasteiger partial charge in [0.25, 0.3) is 0 Å². The number of alkyl halides is 3. The van der Waals surface area contributed by atoms with Gasteiger partial charge in [-0.2, -0.15) is 13.2 Å². The van der Waals surface area contributed by atoms with Crippen LogP contribution in [0.3, 0.4) is 0 Å². The van der Waals surface area contributed by atoms with E-state index in [1.807, 2.05) is 12.1 Å². The van der Waals surface area contributed by atoms with Crippen molar-refractivity contribution >= 4 is 29.7 Å². The smallest absolute Gasteiger partial charge is 0.422 e. The van der Waals surface area contributed by atoms with E-state index in [0.29, 0.717) is 12.1 Å². The first-order valence-electron chi connectivity index (χ1n) is 11.4. The van der Waals surface area contributed by atoms with Crippen LogP contribution >= 0.6 is 0 Å². The number of anilines is 1. The molecule has 11 heteroatoms. The second kappa shape index (κ2) is 11.0. The summed E-state index contributed by atoms with van der Waals surface area (Å²) in [6.45, 7) is 5.68. The first-order chi connectivity index (χ1) is 16.2. The van der Waals surface area contributed by atoms with E-state index >= 15 is 0 Å². The average molecular weight is 533 g/mol. The lowest BCUT2D eigenvalue weighted by Gasteiger charge is -2.35. The normalized spacial score (nSPS) is 23.3. The molecule has 5 nitrogen and oxygen atoms in total. The third-order valence-electron chi connectivity index (χ3n) is 6.06. The van der Waals surface area contributed by atoms with Crippen molar-refractivity contribution in [2.45, 2.75) is 50.9 Å². The maximum atomic E-state index is 14.3. The van der Waals surface area contributed by atoms with E-state index in [1.165, 1.54) is 11.3 Å². The van der Waals surface area contributed by atoms with E-state index in [1.54, 1.807) is 0 Å². The molecule has 0 aromatic heterocycles. The van der Waals surface area contributed by atoms with Crippen LogP contribution < -0.4 is 21.0 Å². The summed E-state index contributed by atoms with van der Waals surface area (Å²) in [7, 11) is -2.70. The average Bonchev–Trinajstić information content (AvgIpc) is 2.75. The van der Waals surface area contributed by atoms with Gasteiger partial charge in [-0.3, -0.25) is 4.21 Å². The van der Waals surface area contributed by atoms with E-state index < -0.39 is 67.0 Å². The predicted molar refractivity (Wildman–Crippen MR) is 133 cm³/mol. The minimum Gasteiger partial charge on any atom is -0.482 e. The fourth-order valence-corrected chi connectivity index (χ4v) is 6.99. The van der Waals surface area contributed by atoms with Crippen LogP contribution in [0, 0.1) is 11.7 Å². The number of ether oxygens (including phenoxy) is 1. The molecule has 4 atom stereocenters. The summed E-state index contributed by atoms with van der Waals surface area (Å²) in [5.74, 6) is -1.30. The summed E-state index contributed by atoms with van der Waals surface area (Å²) in [6.07, 6.45) is -5.34. The van der Waals surface area contributed by atoms with Gasteiger partial charge in [-0.05, 0) is 29.7 Å². The Morgan fingerprint density at radius 1 is 1.17 bits per heavy atom. The van der Waals surface area contributed by atoms with Crippen molar-refractivity contribution in [3.63, 3.8) is 0 Å². The summed E-state index contributed by atoms with van der Waals surface area (Å²) in [5.41, 5.74) is 6.42.